The number of nitrogens with zero attached hydrogens (tertiary/aromatic N) is 1. The van der Waals surface area contributed by atoms with E-state index in [1.807, 2.05) is 17.5 Å². The van der Waals surface area contributed by atoms with E-state index in [0.29, 0.717) is 5.69 Å². The molecular formula is C18H15FN2O3S2. The molecule has 0 spiro atoms. The molecule has 0 aliphatic carbocycles. The summed E-state index contributed by atoms with van der Waals surface area (Å²) >= 11 is 3.02. The van der Waals surface area contributed by atoms with Gasteiger partial charge in [-0.25, -0.2) is 9.37 Å². The molecule has 5 nitrogen and oxygen atoms in total. The highest BCUT2D eigenvalue weighted by molar-refractivity contribution is 7.20. The second-order valence-electron chi connectivity index (χ2n) is 5.40. The summed E-state index contributed by atoms with van der Waals surface area (Å²) in [6.07, 6.45) is -1.07. The molecule has 0 bridgehead atoms. The zero-order valence-corrected chi connectivity index (χ0v) is 15.4. The first-order valence-electron chi connectivity index (χ1n) is 7.76. The highest BCUT2D eigenvalue weighted by atomic mass is 32.1. The average Bonchev–Trinajstić information content (AvgIpc) is 3.28. The van der Waals surface area contributed by atoms with Crippen LogP contribution in [0.1, 0.15) is 12.6 Å². The van der Waals surface area contributed by atoms with Gasteiger partial charge in [-0.15, -0.1) is 22.7 Å². The normalized spacial score (nSPS) is 11.8. The van der Waals surface area contributed by atoms with Crippen LogP contribution in [0.15, 0.2) is 47.2 Å². The van der Waals surface area contributed by atoms with Gasteiger partial charge in [-0.2, -0.15) is 0 Å². The van der Waals surface area contributed by atoms with Gasteiger partial charge < -0.3 is 10.1 Å². The molecule has 0 fully saturated rings. The lowest BCUT2D eigenvalue weighted by molar-refractivity contribution is -0.152. The largest absolute Gasteiger partial charge is 0.452 e. The first kappa shape index (κ1) is 18.2. The van der Waals surface area contributed by atoms with Crippen LogP contribution in [0.5, 0.6) is 0 Å². The Morgan fingerprint density at radius 2 is 2.04 bits per heavy atom. The molecule has 1 N–H and O–H groups in total. The van der Waals surface area contributed by atoms with E-state index in [9.17, 15) is 14.0 Å². The quantitative estimate of drug-likeness (QED) is 0.643. The summed E-state index contributed by atoms with van der Waals surface area (Å²) in [6.45, 7) is 1.44. The number of aromatic nitrogens is 1. The lowest BCUT2D eigenvalue weighted by atomic mass is 10.3. The number of esters is 1. The fourth-order valence-corrected chi connectivity index (χ4v) is 3.77. The van der Waals surface area contributed by atoms with Crippen molar-refractivity contribution in [3.63, 3.8) is 0 Å². The Hall–Kier alpha value is -2.58. The third-order valence-electron chi connectivity index (χ3n) is 3.42. The lowest BCUT2D eigenvalue weighted by Crippen LogP contribution is -2.30. The van der Waals surface area contributed by atoms with Crippen LogP contribution in [0.4, 0.5) is 10.1 Å². The maximum Gasteiger partial charge on any atom is 0.312 e. The van der Waals surface area contributed by atoms with Gasteiger partial charge in [-0.05, 0) is 30.5 Å². The van der Waals surface area contributed by atoms with Crippen LogP contribution in [0.3, 0.4) is 0 Å². The fraction of sp³-hybridized carbons (Fsp3) is 0.167. The van der Waals surface area contributed by atoms with Crippen molar-refractivity contribution in [2.24, 2.45) is 0 Å². The molecule has 1 aromatic carbocycles. The van der Waals surface area contributed by atoms with Crippen molar-refractivity contribution in [2.75, 3.05) is 5.32 Å². The Bertz CT molecular complexity index is 909. The zero-order chi connectivity index (χ0) is 18.5. The minimum atomic E-state index is -1.04. The van der Waals surface area contributed by atoms with Gasteiger partial charge in [-0.3, -0.25) is 9.59 Å². The Morgan fingerprint density at radius 1 is 1.23 bits per heavy atom. The highest BCUT2D eigenvalue weighted by Crippen LogP contribution is 2.28. The molecule has 0 aliphatic rings. The molecule has 0 saturated carbocycles. The number of ether oxygens (including phenoxy) is 1. The lowest BCUT2D eigenvalue weighted by Gasteiger charge is -2.13. The molecule has 1 atom stereocenters. The van der Waals surface area contributed by atoms with Crippen molar-refractivity contribution >= 4 is 40.2 Å². The van der Waals surface area contributed by atoms with Gasteiger partial charge >= 0.3 is 5.97 Å². The number of anilines is 1. The molecule has 8 heteroatoms. The first-order valence-corrected chi connectivity index (χ1v) is 9.52. The van der Waals surface area contributed by atoms with Crippen LogP contribution in [-0.4, -0.2) is 23.0 Å². The van der Waals surface area contributed by atoms with Gasteiger partial charge in [0.15, 0.2) is 6.10 Å². The van der Waals surface area contributed by atoms with Crippen LogP contribution < -0.4 is 5.32 Å². The summed E-state index contributed by atoms with van der Waals surface area (Å²) in [6, 6.07) is 9.68. The molecule has 3 rings (SSSR count). The van der Waals surface area contributed by atoms with E-state index in [0.717, 1.165) is 9.88 Å². The van der Waals surface area contributed by atoms with Crippen LogP contribution >= 0.6 is 22.7 Å². The molecule has 2 heterocycles. The van der Waals surface area contributed by atoms with Gasteiger partial charge in [0.25, 0.3) is 5.91 Å². The fourth-order valence-electron chi connectivity index (χ4n) is 2.14. The van der Waals surface area contributed by atoms with E-state index >= 15 is 0 Å². The minimum absolute atomic E-state index is 0.0286. The monoisotopic (exact) mass is 390 g/mol. The maximum atomic E-state index is 13.6. The van der Waals surface area contributed by atoms with Gasteiger partial charge in [0.2, 0.25) is 0 Å². The van der Waals surface area contributed by atoms with Crippen molar-refractivity contribution < 1.29 is 18.7 Å². The molecule has 2 aromatic heterocycles. The smallest absolute Gasteiger partial charge is 0.312 e. The van der Waals surface area contributed by atoms with Crippen LogP contribution in [0.2, 0.25) is 0 Å². The molecular weight excluding hydrogens is 375 g/mol. The van der Waals surface area contributed by atoms with E-state index in [2.05, 4.69) is 10.3 Å². The van der Waals surface area contributed by atoms with Crippen LogP contribution in [0, 0.1) is 5.82 Å². The Morgan fingerprint density at radius 3 is 2.77 bits per heavy atom. The molecule has 26 heavy (non-hydrogen) atoms. The number of nitrogens with one attached hydrogen (secondary N) is 1. The summed E-state index contributed by atoms with van der Waals surface area (Å²) in [4.78, 5) is 29.5. The maximum absolute atomic E-state index is 13.6. The number of thiophene rings is 1. The van der Waals surface area contributed by atoms with Crippen molar-refractivity contribution in [3.05, 3.63) is 58.7 Å². The summed E-state index contributed by atoms with van der Waals surface area (Å²) in [7, 11) is 0. The number of hydrogen-bond donors (Lipinski definition) is 1. The zero-order valence-electron chi connectivity index (χ0n) is 13.8. The molecule has 1 amide bonds. The SMILES string of the molecule is CC(OC(=O)Cc1csc(-c2cccs2)n1)C(=O)Nc1ccccc1F. The Balaban J connectivity index is 1.54. The number of halogens is 1. The average molecular weight is 390 g/mol. The third-order valence-corrected chi connectivity index (χ3v) is 5.35. The Labute approximate surface area is 157 Å². The summed E-state index contributed by atoms with van der Waals surface area (Å²) in [5.41, 5.74) is 0.630. The van der Waals surface area contributed by atoms with Gasteiger partial charge in [-0.1, -0.05) is 18.2 Å². The van der Waals surface area contributed by atoms with Crippen molar-refractivity contribution in [1.29, 1.82) is 0 Å². The van der Waals surface area contributed by atoms with Crippen LogP contribution in [0.25, 0.3) is 9.88 Å². The van der Waals surface area contributed by atoms with E-state index in [1.54, 1.807) is 22.8 Å². The predicted molar refractivity (Wildman–Crippen MR) is 99.7 cm³/mol. The second-order valence-corrected chi connectivity index (χ2v) is 7.21. The molecule has 3 aromatic rings. The first-order chi connectivity index (χ1) is 12.5. The van der Waals surface area contributed by atoms with Crippen LogP contribution in [-0.2, 0) is 20.7 Å². The van der Waals surface area contributed by atoms with E-state index < -0.39 is 23.8 Å². The minimum Gasteiger partial charge on any atom is -0.452 e. The van der Waals surface area contributed by atoms with Gasteiger partial charge in [0, 0.05) is 5.38 Å². The number of carbonyl (C=O) groups is 2. The second kappa shape index (κ2) is 8.20. The number of amides is 1. The molecule has 134 valence electrons. The summed E-state index contributed by atoms with van der Waals surface area (Å²) in [5, 5.41) is 6.99. The molecule has 1 unspecified atom stereocenters. The van der Waals surface area contributed by atoms with Gasteiger partial charge in [0.05, 0.1) is 22.7 Å². The van der Waals surface area contributed by atoms with Crippen molar-refractivity contribution in [2.45, 2.75) is 19.4 Å². The van der Waals surface area contributed by atoms with E-state index in [-0.39, 0.29) is 12.1 Å². The standard InChI is InChI=1S/C18H15FN2O3S2/c1-11(17(23)21-14-6-3-2-5-13(14)19)24-16(22)9-12-10-26-18(20-12)15-7-4-8-25-15/h2-8,10-11H,9H2,1H3,(H,21,23). The number of benzene rings is 1. The number of thiazole rings is 1. The molecule has 0 radical (unpaired) electrons. The van der Waals surface area contributed by atoms with Crippen molar-refractivity contribution in [1.82, 2.24) is 4.98 Å². The summed E-state index contributed by atoms with van der Waals surface area (Å²) in [5.74, 6) is -1.71. The number of rotatable bonds is 6. The molecule has 0 saturated heterocycles. The van der Waals surface area contributed by atoms with Crippen molar-refractivity contribution in [3.8, 4) is 9.88 Å². The predicted octanol–water partition coefficient (Wildman–Crippen LogP) is 4.12. The Kier molecular flexibility index (Phi) is 5.75. The number of hydrogen-bond acceptors (Lipinski definition) is 6. The van der Waals surface area contributed by atoms with E-state index in [4.69, 9.17) is 4.74 Å². The third kappa shape index (κ3) is 4.53. The highest BCUT2D eigenvalue weighted by Gasteiger charge is 2.20. The topological polar surface area (TPSA) is 68.3 Å². The van der Waals surface area contributed by atoms with Gasteiger partial charge in [0.1, 0.15) is 10.8 Å². The van der Waals surface area contributed by atoms with E-state index in [1.165, 1.54) is 36.5 Å². The number of carbonyl (C=O) groups excluding carboxylic acids is 2. The number of para-hydroxylation sites is 1. The molecule has 0 aliphatic heterocycles. The summed E-state index contributed by atoms with van der Waals surface area (Å²) < 4.78 is 18.7.